The van der Waals surface area contributed by atoms with Crippen LogP contribution in [-0.2, 0) is 36.2 Å². The van der Waals surface area contributed by atoms with Gasteiger partial charge in [0.15, 0.2) is 0 Å². The molecule has 4 aliphatic carbocycles. The Hall–Kier alpha value is -0.921. The minimum absolute atomic E-state index is 0. The third kappa shape index (κ3) is 6.92. The minimum atomic E-state index is -1.92. The van der Waals surface area contributed by atoms with Crippen molar-refractivity contribution in [1.29, 1.82) is 0 Å². The Morgan fingerprint density at radius 3 is 0.741 bits per heavy atom. The number of rotatable bonds is 4. The van der Waals surface area contributed by atoms with E-state index in [1.54, 1.807) is 0 Å². The van der Waals surface area contributed by atoms with E-state index in [0.29, 0.717) is 23.7 Å². The van der Waals surface area contributed by atoms with E-state index in [1.165, 1.54) is 25.7 Å². The van der Waals surface area contributed by atoms with Crippen LogP contribution in [0.4, 0.5) is 0 Å². The van der Waals surface area contributed by atoms with Crippen molar-refractivity contribution in [3.05, 3.63) is 0 Å². The Balaban J connectivity index is 0.00000171. The fraction of sp³-hybridized carbons (Fsp3) is 0.889. The van der Waals surface area contributed by atoms with Gasteiger partial charge in [-0.2, -0.15) is 0 Å². The first-order chi connectivity index (χ1) is 25.1. The fourth-order valence-electron chi connectivity index (χ4n) is 13.4. The smallest absolute Gasteiger partial charge is 1.00 e. The number of aliphatic carboxylic acids is 4. The first-order valence-electron chi connectivity index (χ1n) is 20.1. The van der Waals surface area contributed by atoms with Crippen molar-refractivity contribution in [3.8, 4) is 0 Å². The average molecular weight is 809 g/mol. The zero-order valence-corrected chi connectivity index (χ0v) is 33.9. The second kappa shape index (κ2) is 16.4. The van der Waals surface area contributed by atoms with Gasteiger partial charge in [-0.05, 0) is 74.0 Å². The topological polar surface area (TPSA) is 245 Å². The van der Waals surface area contributed by atoms with Crippen LogP contribution in [0.5, 0.6) is 0 Å². The Bertz CT molecular complexity index is 1360. The van der Waals surface area contributed by atoms with Gasteiger partial charge in [0, 0.05) is 28.9 Å². The molecule has 9 rings (SSSR count). The van der Waals surface area contributed by atoms with Crippen LogP contribution >= 0.6 is 0 Å². The molecule has 18 heteroatoms. The molecule has 9 aliphatic rings. The number of carboxylic acids is 4. The number of carbonyl (C=O) groups is 4. The van der Waals surface area contributed by atoms with E-state index in [4.69, 9.17) is 0 Å². The summed E-state index contributed by atoms with van der Waals surface area (Å²) in [5.74, 6) is -13.1. The van der Waals surface area contributed by atoms with Gasteiger partial charge in [0.25, 0.3) is 0 Å². The van der Waals surface area contributed by atoms with Crippen molar-refractivity contribution in [2.75, 3.05) is 0 Å². The van der Waals surface area contributed by atoms with E-state index in [2.05, 4.69) is 42.5 Å². The zero-order valence-electron chi connectivity index (χ0n) is 31.8. The van der Waals surface area contributed by atoms with E-state index in [-0.39, 0.29) is 96.9 Å². The first kappa shape index (κ1) is 41.2. The molecule has 20 unspecified atom stereocenters. The van der Waals surface area contributed by atoms with E-state index >= 15 is 0 Å². The number of hydrogen-bond acceptors (Lipinski definition) is 12. The summed E-state index contributed by atoms with van der Waals surface area (Å²) >= 11 is 0. The molecule has 5 aliphatic heterocycles. The molecule has 0 aromatic carbocycles. The van der Waals surface area contributed by atoms with Gasteiger partial charge in [-0.3, -0.25) is 61.7 Å². The fourth-order valence-corrected chi connectivity index (χ4v) is 13.4. The molecule has 20 atom stereocenters. The monoisotopic (exact) mass is 808 g/mol. The molecule has 16 nitrogen and oxygen atoms in total. The van der Waals surface area contributed by atoms with Gasteiger partial charge in [-0.15, -0.1) is 0 Å². The van der Waals surface area contributed by atoms with Crippen LogP contribution < -0.4 is 72.1 Å². The molecule has 12 N–H and O–H groups in total. The summed E-state index contributed by atoms with van der Waals surface area (Å²) in [6.07, 6.45) is 11.4. The molecule has 0 radical (unpaired) electrons. The van der Waals surface area contributed by atoms with Gasteiger partial charge in [0.1, 0.15) is 0 Å². The predicted octanol–water partition coefficient (Wildman–Crippen LogP) is -3.04. The van der Waals surface area contributed by atoms with Crippen molar-refractivity contribution in [3.63, 3.8) is 0 Å². The Kier molecular flexibility index (Phi) is 12.5. The van der Waals surface area contributed by atoms with Crippen LogP contribution in [-0.4, -0.2) is 93.6 Å². The summed E-state index contributed by atoms with van der Waals surface area (Å²) in [5, 5.41) is 73.1. The van der Waals surface area contributed by atoms with Crippen LogP contribution in [0.3, 0.4) is 0 Å². The Morgan fingerprint density at radius 1 is 0.352 bits per heavy atom. The third-order valence-electron chi connectivity index (χ3n) is 15.4. The second-order valence-electron chi connectivity index (χ2n) is 17.6. The van der Waals surface area contributed by atoms with Crippen molar-refractivity contribution in [2.24, 2.45) is 71.0 Å². The molecule has 8 bridgehead atoms. The number of nitrogens with one attached hydrogen (secondary N) is 8. The normalized spacial score (nSPS) is 50.5. The molecule has 4 saturated carbocycles. The SMILES string of the molecule is O=C(O)C1C(C(=O)O)C(C(=O)O)C2C3NC4NC(NC5NC(NC6NC(NC(N3)C2C1C(=O)O)C1CCCCC61)C1CCCCC51)C1CCCCC41.[Fe].[H-].[Na+]. The predicted molar refractivity (Wildman–Crippen MR) is 184 cm³/mol. The van der Waals surface area contributed by atoms with E-state index in [9.17, 15) is 39.6 Å². The van der Waals surface area contributed by atoms with Crippen molar-refractivity contribution in [1.82, 2.24) is 42.5 Å². The van der Waals surface area contributed by atoms with Crippen LogP contribution in [0.2, 0.25) is 0 Å². The quantitative estimate of drug-likeness (QED) is 0.126. The number of carboxylic acid groups (broad SMARTS) is 4. The van der Waals surface area contributed by atoms with Crippen molar-refractivity contribution in [2.45, 2.75) is 126 Å². The molecule has 0 spiro atoms. The van der Waals surface area contributed by atoms with Gasteiger partial charge >= 0.3 is 53.4 Å². The molecule has 298 valence electrons. The molecule has 5 heterocycles. The van der Waals surface area contributed by atoms with Crippen LogP contribution in [0.15, 0.2) is 0 Å². The molecule has 9 fully saturated rings. The largest absolute Gasteiger partial charge is 1.00 e. The minimum Gasteiger partial charge on any atom is -1.00 e. The van der Waals surface area contributed by atoms with E-state index < -0.39 is 71.7 Å². The van der Waals surface area contributed by atoms with E-state index in [0.717, 1.165) is 51.4 Å². The molecule has 5 saturated heterocycles. The summed E-state index contributed by atoms with van der Waals surface area (Å²) in [4.78, 5) is 52.0. The molecule has 0 aromatic heterocycles. The maximum Gasteiger partial charge on any atom is 1.00 e. The average Bonchev–Trinajstić information content (AvgIpc) is 3.86. The first-order valence-corrected chi connectivity index (χ1v) is 20.1. The van der Waals surface area contributed by atoms with Crippen LogP contribution in [0, 0.1) is 71.0 Å². The van der Waals surface area contributed by atoms with Crippen LogP contribution in [0.25, 0.3) is 0 Å². The number of hydrogen-bond donors (Lipinski definition) is 12. The maximum atomic E-state index is 13.2. The van der Waals surface area contributed by atoms with Crippen molar-refractivity contribution < 1.29 is 87.7 Å². The molecule has 0 amide bonds. The summed E-state index contributed by atoms with van der Waals surface area (Å²) in [6.45, 7) is 0. The van der Waals surface area contributed by atoms with Gasteiger partial charge in [0.05, 0.1) is 73.0 Å². The summed E-state index contributed by atoms with van der Waals surface area (Å²) in [5.41, 5.74) is 0. The molecule has 0 aromatic rings. The van der Waals surface area contributed by atoms with Crippen molar-refractivity contribution >= 4 is 23.9 Å². The molecular weight excluding hydrogens is 751 g/mol. The van der Waals surface area contributed by atoms with Gasteiger partial charge in [-0.1, -0.05) is 38.5 Å². The zero-order chi connectivity index (χ0) is 36.0. The van der Waals surface area contributed by atoms with Gasteiger partial charge < -0.3 is 21.9 Å². The summed E-state index contributed by atoms with van der Waals surface area (Å²) in [6, 6.07) is 0. The van der Waals surface area contributed by atoms with Gasteiger partial charge in [-0.25, -0.2) is 0 Å². The molecular formula is C36H57FeN8NaO8. The number of fused-ring (bicyclic) bond motifs is 20. The second-order valence-corrected chi connectivity index (χ2v) is 17.6. The van der Waals surface area contributed by atoms with Gasteiger partial charge in [0.2, 0.25) is 0 Å². The summed E-state index contributed by atoms with van der Waals surface area (Å²) < 4.78 is 0. The Morgan fingerprint density at radius 2 is 0.537 bits per heavy atom. The molecule has 54 heavy (non-hydrogen) atoms. The Labute approximate surface area is 349 Å². The van der Waals surface area contributed by atoms with E-state index in [1.807, 2.05) is 0 Å². The standard InChI is InChI=1S/C36H56N8O8.Fe.Na.H/c45-33(46)21-19-20(22(34(47)48)24(36(51)52)23(21)35(49)50)32-43-30-18-12-6-4-10-16(18)28(41-30)39-26-14-8-2-1-7-13(14)25(37-26)38-27-15-9-3-5-11-17(15)29(40-27)42-31(19)44-32;;;/h13-32,37-44H,1-12H2,(H,45,46)(H,47,48)(H,49,50)(H,51,52);;;/q;;+1;-1. The summed E-state index contributed by atoms with van der Waals surface area (Å²) in [7, 11) is 0. The van der Waals surface area contributed by atoms with Crippen LogP contribution in [0.1, 0.15) is 78.5 Å². The third-order valence-corrected chi connectivity index (χ3v) is 15.4. The maximum absolute atomic E-state index is 13.2.